The number of nitrogens with zero attached hydrogens (tertiary/aromatic N) is 2. The minimum absolute atomic E-state index is 0.151. The molecule has 3 aliphatic rings. The number of anilines is 1. The molecule has 29 heavy (non-hydrogen) atoms. The monoisotopic (exact) mass is 396 g/mol. The molecule has 0 aliphatic carbocycles. The highest BCUT2D eigenvalue weighted by Gasteiger charge is 2.40. The molecule has 0 N–H and O–H groups in total. The van der Waals surface area contributed by atoms with Gasteiger partial charge < -0.3 is 19.1 Å². The van der Waals surface area contributed by atoms with Gasteiger partial charge in [-0.15, -0.1) is 0 Å². The van der Waals surface area contributed by atoms with Crippen LogP contribution < -0.4 is 14.4 Å². The summed E-state index contributed by atoms with van der Waals surface area (Å²) in [5, 5.41) is 0. The van der Waals surface area contributed by atoms with Crippen molar-refractivity contribution in [3.8, 4) is 11.5 Å². The minimum atomic E-state index is -0.301. The van der Waals surface area contributed by atoms with Crippen LogP contribution >= 0.6 is 0 Å². The van der Waals surface area contributed by atoms with Gasteiger partial charge in [0, 0.05) is 12.2 Å². The summed E-state index contributed by atoms with van der Waals surface area (Å²) >= 11 is 0. The lowest BCUT2D eigenvalue weighted by molar-refractivity contribution is 0.0778. The molecule has 3 saturated heterocycles. The van der Waals surface area contributed by atoms with Crippen molar-refractivity contribution in [3.63, 3.8) is 0 Å². The molecule has 1 unspecified atom stereocenters. The average molecular weight is 396 g/mol. The van der Waals surface area contributed by atoms with E-state index in [0.29, 0.717) is 17.4 Å². The molecule has 0 radical (unpaired) electrons. The van der Waals surface area contributed by atoms with Crippen molar-refractivity contribution >= 4 is 11.8 Å². The first kappa shape index (κ1) is 19.6. The van der Waals surface area contributed by atoms with Crippen molar-refractivity contribution in [3.05, 3.63) is 54.1 Å². The van der Waals surface area contributed by atoms with Gasteiger partial charge in [0.25, 0.3) is 0 Å². The molecular weight excluding hydrogens is 368 g/mol. The number of fused-ring (bicyclic) bond motifs is 3. The second-order valence-electron chi connectivity index (χ2n) is 7.65. The summed E-state index contributed by atoms with van der Waals surface area (Å²) in [5.74, 6) is 1.80. The molecule has 6 heteroatoms. The molecule has 6 nitrogen and oxygen atoms in total. The van der Waals surface area contributed by atoms with Crippen molar-refractivity contribution in [1.29, 1.82) is 0 Å². The SMILES string of the molecule is COc1ccc(COC(=O)N(c2ccccc2)C2CN3CCC2CC3)cc1OC. The topological polar surface area (TPSA) is 51.2 Å². The Balaban J connectivity index is 1.51. The van der Waals surface area contributed by atoms with Crippen molar-refractivity contribution in [2.75, 3.05) is 38.8 Å². The first-order chi connectivity index (χ1) is 14.2. The molecule has 154 valence electrons. The maximum atomic E-state index is 13.2. The molecule has 1 amide bonds. The van der Waals surface area contributed by atoms with E-state index in [0.717, 1.165) is 43.7 Å². The molecule has 0 spiro atoms. The second kappa shape index (κ2) is 8.74. The number of hydrogen-bond acceptors (Lipinski definition) is 5. The Morgan fingerprint density at radius 2 is 1.76 bits per heavy atom. The molecule has 3 aliphatic heterocycles. The lowest BCUT2D eigenvalue weighted by Gasteiger charge is -2.48. The number of ether oxygens (including phenoxy) is 3. The fourth-order valence-corrected chi connectivity index (χ4v) is 4.43. The van der Waals surface area contributed by atoms with Gasteiger partial charge in [0.1, 0.15) is 6.61 Å². The van der Waals surface area contributed by atoms with E-state index in [2.05, 4.69) is 4.90 Å². The largest absolute Gasteiger partial charge is 0.493 e. The number of piperidine rings is 3. The third-order valence-electron chi connectivity index (χ3n) is 5.99. The maximum absolute atomic E-state index is 13.2. The van der Waals surface area contributed by atoms with Crippen LogP contribution in [0.1, 0.15) is 18.4 Å². The van der Waals surface area contributed by atoms with Crippen LogP contribution in [0.4, 0.5) is 10.5 Å². The van der Waals surface area contributed by atoms with Gasteiger partial charge >= 0.3 is 6.09 Å². The third kappa shape index (κ3) is 4.17. The number of carbonyl (C=O) groups excluding carboxylic acids is 1. The van der Waals surface area contributed by atoms with Gasteiger partial charge in [-0.3, -0.25) is 4.90 Å². The highest BCUT2D eigenvalue weighted by Crippen LogP contribution is 2.34. The Labute approximate surface area is 172 Å². The zero-order valence-corrected chi connectivity index (χ0v) is 17.0. The fourth-order valence-electron chi connectivity index (χ4n) is 4.43. The number of hydrogen-bond donors (Lipinski definition) is 0. The lowest BCUT2D eigenvalue weighted by Crippen LogP contribution is -2.59. The molecule has 3 fully saturated rings. The Morgan fingerprint density at radius 1 is 1.03 bits per heavy atom. The summed E-state index contributed by atoms with van der Waals surface area (Å²) in [6.45, 7) is 3.35. The van der Waals surface area contributed by atoms with Gasteiger partial charge in [0.15, 0.2) is 11.5 Å². The zero-order valence-electron chi connectivity index (χ0n) is 17.0. The molecule has 1 atom stereocenters. The van der Waals surface area contributed by atoms with Gasteiger partial charge in [-0.25, -0.2) is 4.79 Å². The van der Waals surface area contributed by atoms with Crippen molar-refractivity contribution < 1.29 is 19.0 Å². The quantitative estimate of drug-likeness (QED) is 0.740. The predicted octanol–water partition coefficient (Wildman–Crippen LogP) is 3.94. The summed E-state index contributed by atoms with van der Waals surface area (Å²) in [7, 11) is 3.20. The Kier molecular flexibility index (Phi) is 5.90. The van der Waals surface area contributed by atoms with Gasteiger partial charge in [0.05, 0.1) is 20.3 Å². The van der Waals surface area contributed by atoms with Crippen LogP contribution in [0.2, 0.25) is 0 Å². The predicted molar refractivity (Wildman–Crippen MR) is 112 cm³/mol. The van der Waals surface area contributed by atoms with E-state index in [4.69, 9.17) is 14.2 Å². The van der Waals surface area contributed by atoms with Crippen LogP contribution in [-0.4, -0.2) is 50.9 Å². The van der Waals surface area contributed by atoms with Crippen LogP contribution in [0.5, 0.6) is 11.5 Å². The highest BCUT2D eigenvalue weighted by atomic mass is 16.6. The van der Waals surface area contributed by atoms with Gasteiger partial charge in [0.2, 0.25) is 0 Å². The van der Waals surface area contributed by atoms with E-state index < -0.39 is 0 Å². The summed E-state index contributed by atoms with van der Waals surface area (Å²) in [4.78, 5) is 17.5. The first-order valence-corrected chi connectivity index (χ1v) is 10.1. The first-order valence-electron chi connectivity index (χ1n) is 10.1. The Morgan fingerprint density at radius 3 is 2.38 bits per heavy atom. The Hall–Kier alpha value is -2.73. The lowest BCUT2D eigenvalue weighted by atomic mass is 9.83. The minimum Gasteiger partial charge on any atom is -0.493 e. The van der Waals surface area contributed by atoms with E-state index >= 15 is 0 Å². The number of amides is 1. The standard InChI is InChI=1S/C23H28N2O4/c1-27-21-9-8-17(14-22(21)28-2)16-29-23(26)25(19-6-4-3-5-7-19)20-15-24-12-10-18(20)11-13-24/h3-9,14,18,20H,10-13,15-16H2,1-2H3. The average Bonchev–Trinajstić information content (AvgIpc) is 2.79. The number of rotatable bonds is 6. The van der Waals surface area contributed by atoms with Gasteiger partial charge in [-0.05, 0) is 61.7 Å². The van der Waals surface area contributed by atoms with Gasteiger partial charge in [-0.1, -0.05) is 24.3 Å². The van der Waals surface area contributed by atoms with E-state index in [-0.39, 0.29) is 18.7 Å². The van der Waals surface area contributed by atoms with Crippen LogP contribution in [0.15, 0.2) is 48.5 Å². The number of para-hydroxylation sites is 1. The van der Waals surface area contributed by atoms with E-state index in [1.807, 2.05) is 53.4 Å². The summed E-state index contributed by atoms with van der Waals surface area (Å²) in [5.41, 5.74) is 1.75. The zero-order chi connectivity index (χ0) is 20.2. The van der Waals surface area contributed by atoms with E-state index in [1.54, 1.807) is 14.2 Å². The number of carbonyl (C=O) groups is 1. The number of benzene rings is 2. The van der Waals surface area contributed by atoms with Crippen LogP contribution in [0.25, 0.3) is 0 Å². The molecule has 5 rings (SSSR count). The van der Waals surface area contributed by atoms with Crippen LogP contribution in [0.3, 0.4) is 0 Å². The molecule has 2 aromatic rings. The molecule has 0 saturated carbocycles. The molecule has 2 bridgehead atoms. The van der Waals surface area contributed by atoms with Gasteiger partial charge in [-0.2, -0.15) is 0 Å². The molecule has 3 heterocycles. The second-order valence-corrected chi connectivity index (χ2v) is 7.65. The highest BCUT2D eigenvalue weighted by molar-refractivity contribution is 5.88. The normalized spacial score (nSPS) is 22.8. The molecular formula is C23H28N2O4. The van der Waals surface area contributed by atoms with E-state index in [9.17, 15) is 4.79 Å². The Bertz CT molecular complexity index is 834. The van der Waals surface area contributed by atoms with Crippen LogP contribution in [-0.2, 0) is 11.3 Å². The van der Waals surface area contributed by atoms with Crippen LogP contribution in [0, 0.1) is 5.92 Å². The summed E-state index contributed by atoms with van der Waals surface area (Å²) in [6, 6.07) is 15.6. The van der Waals surface area contributed by atoms with Crippen molar-refractivity contribution in [1.82, 2.24) is 4.90 Å². The molecule has 2 aromatic carbocycles. The summed E-state index contributed by atoms with van der Waals surface area (Å²) < 4.78 is 16.4. The van der Waals surface area contributed by atoms with Crippen molar-refractivity contribution in [2.24, 2.45) is 5.92 Å². The van der Waals surface area contributed by atoms with Crippen molar-refractivity contribution in [2.45, 2.75) is 25.5 Å². The smallest absolute Gasteiger partial charge is 0.414 e. The summed E-state index contributed by atoms with van der Waals surface area (Å²) in [6.07, 6.45) is 1.97. The fraction of sp³-hybridized carbons (Fsp3) is 0.435. The number of methoxy groups -OCH3 is 2. The third-order valence-corrected chi connectivity index (χ3v) is 5.99. The molecule has 0 aromatic heterocycles. The maximum Gasteiger partial charge on any atom is 0.414 e. The van der Waals surface area contributed by atoms with E-state index in [1.165, 1.54) is 0 Å².